The highest BCUT2D eigenvalue weighted by molar-refractivity contribution is 6.35. The molecule has 1 saturated heterocycles. The first-order valence-electron chi connectivity index (χ1n) is 6.22. The second-order valence-electron chi connectivity index (χ2n) is 4.98. The van der Waals surface area contributed by atoms with Crippen molar-refractivity contribution < 1.29 is 14.7 Å². The summed E-state index contributed by atoms with van der Waals surface area (Å²) in [4.78, 5) is 29.2. The summed E-state index contributed by atoms with van der Waals surface area (Å²) in [5.41, 5.74) is -1.03. The van der Waals surface area contributed by atoms with Crippen LogP contribution in [0.1, 0.15) is 36.5 Å². The molecule has 1 atom stereocenters. The molecule has 0 bridgehead atoms. The number of rotatable bonds is 2. The zero-order chi connectivity index (χ0) is 14.9. The molecule has 1 N–H and O–H groups in total. The number of carboxylic acid groups (broad SMARTS) is 1. The molecule has 0 radical (unpaired) electrons. The number of carboxylic acids is 1. The van der Waals surface area contributed by atoms with Crippen LogP contribution >= 0.6 is 23.2 Å². The molecule has 20 heavy (non-hydrogen) atoms. The minimum atomic E-state index is -1.21. The molecule has 0 saturated carbocycles. The lowest BCUT2D eigenvalue weighted by atomic mass is 9.88. The first-order valence-corrected chi connectivity index (χ1v) is 6.98. The van der Waals surface area contributed by atoms with Crippen molar-refractivity contribution in [2.75, 3.05) is 6.54 Å². The summed E-state index contributed by atoms with van der Waals surface area (Å²) in [6.45, 7) is 1.95. The molecular formula is C13H14Cl2N2O3. The van der Waals surface area contributed by atoms with Crippen molar-refractivity contribution in [3.8, 4) is 0 Å². The Hall–Kier alpha value is -1.33. The summed E-state index contributed by atoms with van der Waals surface area (Å²) in [6.07, 6.45) is 3.26. The summed E-state index contributed by atoms with van der Waals surface area (Å²) in [5.74, 6) is -1.44. The predicted molar refractivity (Wildman–Crippen MR) is 75.2 cm³/mol. The first kappa shape index (κ1) is 15.1. The van der Waals surface area contributed by atoms with Gasteiger partial charge in [-0.2, -0.15) is 0 Å². The molecule has 108 valence electrons. The van der Waals surface area contributed by atoms with Crippen LogP contribution in [0.2, 0.25) is 10.2 Å². The number of likely N-dealkylation sites (tertiary alicyclic amines) is 1. The SMILES string of the molecule is CC1(C(=O)O)CCCCN1C(=O)c1cc(Cl)ncc1Cl. The number of nitrogens with zero attached hydrogens (tertiary/aromatic N) is 2. The third kappa shape index (κ3) is 2.60. The third-order valence-corrected chi connectivity index (χ3v) is 4.16. The maximum atomic E-state index is 12.6. The van der Waals surface area contributed by atoms with E-state index in [1.807, 2.05) is 0 Å². The van der Waals surface area contributed by atoms with Crippen LogP contribution in [-0.4, -0.2) is 39.0 Å². The smallest absolute Gasteiger partial charge is 0.329 e. The van der Waals surface area contributed by atoms with Crippen LogP contribution in [0, 0.1) is 0 Å². The van der Waals surface area contributed by atoms with Gasteiger partial charge >= 0.3 is 5.97 Å². The van der Waals surface area contributed by atoms with Crippen LogP contribution in [0.15, 0.2) is 12.3 Å². The van der Waals surface area contributed by atoms with Gasteiger partial charge in [0, 0.05) is 12.7 Å². The molecule has 2 heterocycles. The number of pyridine rings is 1. The number of aromatic nitrogens is 1. The van der Waals surface area contributed by atoms with E-state index in [0.717, 1.165) is 12.8 Å². The lowest BCUT2D eigenvalue weighted by Gasteiger charge is -2.41. The van der Waals surface area contributed by atoms with Gasteiger partial charge in [0.2, 0.25) is 0 Å². The number of hydrogen-bond acceptors (Lipinski definition) is 3. The monoisotopic (exact) mass is 316 g/mol. The highest BCUT2D eigenvalue weighted by Gasteiger charge is 2.44. The van der Waals surface area contributed by atoms with E-state index in [4.69, 9.17) is 23.2 Å². The summed E-state index contributed by atoms with van der Waals surface area (Å²) >= 11 is 11.7. The second-order valence-corrected chi connectivity index (χ2v) is 5.77. The molecule has 1 aliphatic rings. The highest BCUT2D eigenvalue weighted by atomic mass is 35.5. The number of carbonyl (C=O) groups excluding carboxylic acids is 1. The zero-order valence-electron chi connectivity index (χ0n) is 10.9. The van der Waals surface area contributed by atoms with E-state index < -0.39 is 17.4 Å². The molecule has 1 aromatic rings. The van der Waals surface area contributed by atoms with Gasteiger partial charge in [-0.25, -0.2) is 9.78 Å². The quantitative estimate of drug-likeness (QED) is 0.852. The first-order chi connectivity index (χ1) is 9.36. The third-order valence-electron chi connectivity index (χ3n) is 3.65. The maximum Gasteiger partial charge on any atom is 0.329 e. The predicted octanol–water partition coefficient (Wildman–Crippen LogP) is 2.86. The van der Waals surface area contributed by atoms with Gasteiger partial charge in [-0.15, -0.1) is 0 Å². The molecule has 0 spiro atoms. The zero-order valence-corrected chi connectivity index (χ0v) is 12.4. The average Bonchev–Trinajstić information content (AvgIpc) is 2.41. The van der Waals surface area contributed by atoms with E-state index in [1.54, 1.807) is 6.92 Å². The lowest BCUT2D eigenvalue weighted by Crippen LogP contribution is -2.57. The summed E-state index contributed by atoms with van der Waals surface area (Å²) < 4.78 is 0. The summed E-state index contributed by atoms with van der Waals surface area (Å²) in [7, 11) is 0. The summed E-state index contributed by atoms with van der Waals surface area (Å²) in [5, 5.41) is 9.73. The van der Waals surface area contributed by atoms with Crippen molar-refractivity contribution in [2.45, 2.75) is 31.7 Å². The average molecular weight is 317 g/mol. The van der Waals surface area contributed by atoms with E-state index in [-0.39, 0.29) is 15.7 Å². The van der Waals surface area contributed by atoms with Crippen molar-refractivity contribution in [1.82, 2.24) is 9.88 Å². The summed E-state index contributed by atoms with van der Waals surface area (Å²) in [6, 6.07) is 1.36. The number of piperidine rings is 1. The fourth-order valence-electron chi connectivity index (χ4n) is 2.39. The van der Waals surface area contributed by atoms with Crippen LogP contribution in [0.4, 0.5) is 0 Å². The normalized spacial score (nSPS) is 22.6. The second kappa shape index (κ2) is 5.58. The van der Waals surface area contributed by atoms with Gasteiger partial charge in [0.25, 0.3) is 5.91 Å². The minimum absolute atomic E-state index is 0.145. The molecule has 1 aliphatic heterocycles. The Morgan fingerprint density at radius 2 is 2.10 bits per heavy atom. The molecule has 2 rings (SSSR count). The topological polar surface area (TPSA) is 70.5 Å². The fraction of sp³-hybridized carbons (Fsp3) is 0.462. The molecular weight excluding hydrogens is 303 g/mol. The Bertz CT molecular complexity index is 565. The standard InChI is InChI=1S/C13H14Cl2N2O3/c1-13(12(19)20)4-2-3-5-17(13)11(18)8-6-10(15)16-7-9(8)14/h6-7H,2-5H2,1H3,(H,19,20). The van der Waals surface area contributed by atoms with Crippen LogP contribution in [0.3, 0.4) is 0 Å². The van der Waals surface area contributed by atoms with Gasteiger partial charge in [-0.3, -0.25) is 4.79 Å². The van der Waals surface area contributed by atoms with Gasteiger partial charge < -0.3 is 10.0 Å². The lowest BCUT2D eigenvalue weighted by molar-refractivity contribution is -0.150. The Morgan fingerprint density at radius 1 is 1.40 bits per heavy atom. The Labute approximate surface area is 126 Å². The highest BCUT2D eigenvalue weighted by Crippen LogP contribution is 2.31. The van der Waals surface area contributed by atoms with E-state index in [9.17, 15) is 14.7 Å². The molecule has 0 aromatic carbocycles. The Kier molecular flexibility index (Phi) is 4.20. The minimum Gasteiger partial charge on any atom is -0.480 e. The van der Waals surface area contributed by atoms with E-state index >= 15 is 0 Å². The van der Waals surface area contributed by atoms with Crippen LogP contribution in [0.25, 0.3) is 0 Å². The number of aliphatic carboxylic acids is 1. The van der Waals surface area contributed by atoms with Crippen molar-refractivity contribution in [2.24, 2.45) is 0 Å². The Balaban J connectivity index is 2.40. The van der Waals surface area contributed by atoms with Gasteiger partial charge in [-0.05, 0) is 32.3 Å². The van der Waals surface area contributed by atoms with E-state index in [2.05, 4.69) is 4.98 Å². The molecule has 1 amide bonds. The maximum absolute atomic E-state index is 12.6. The molecule has 1 fully saturated rings. The van der Waals surface area contributed by atoms with E-state index in [1.165, 1.54) is 17.2 Å². The van der Waals surface area contributed by atoms with Crippen LogP contribution in [-0.2, 0) is 4.79 Å². The van der Waals surface area contributed by atoms with Crippen molar-refractivity contribution in [3.05, 3.63) is 28.0 Å². The van der Waals surface area contributed by atoms with E-state index in [0.29, 0.717) is 13.0 Å². The van der Waals surface area contributed by atoms with Crippen molar-refractivity contribution in [3.63, 3.8) is 0 Å². The fourth-order valence-corrected chi connectivity index (χ4v) is 2.73. The number of hydrogen-bond donors (Lipinski definition) is 1. The van der Waals surface area contributed by atoms with Gasteiger partial charge in [0.15, 0.2) is 0 Å². The van der Waals surface area contributed by atoms with Crippen LogP contribution < -0.4 is 0 Å². The van der Waals surface area contributed by atoms with Crippen molar-refractivity contribution >= 4 is 35.1 Å². The molecule has 1 aromatic heterocycles. The van der Waals surface area contributed by atoms with Gasteiger partial charge in [0.1, 0.15) is 10.7 Å². The van der Waals surface area contributed by atoms with Crippen LogP contribution in [0.5, 0.6) is 0 Å². The van der Waals surface area contributed by atoms with Gasteiger partial charge in [0.05, 0.1) is 10.6 Å². The number of amides is 1. The molecule has 1 unspecified atom stereocenters. The molecule has 5 nitrogen and oxygen atoms in total. The van der Waals surface area contributed by atoms with Crippen molar-refractivity contribution in [1.29, 1.82) is 0 Å². The molecule has 7 heteroatoms. The largest absolute Gasteiger partial charge is 0.480 e. The van der Waals surface area contributed by atoms with Gasteiger partial charge in [-0.1, -0.05) is 23.2 Å². The molecule has 0 aliphatic carbocycles. The number of carbonyl (C=O) groups is 2. The Morgan fingerprint density at radius 3 is 2.75 bits per heavy atom. The number of halogens is 2.